The lowest BCUT2D eigenvalue weighted by Crippen LogP contribution is -2.44. The molecule has 0 aliphatic heterocycles. The van der Waals surface area contributed by atoms with Crippen LogP contribution < -0.4 is 10.5 Å². The van der Waals surface area contributed by atoms with E-state index in [0.29, 0.717) is 23.4 Å². The summed E-state index contributed by atoms with van der Waals surface area (Å²) in [7, 11) is 1.61. The maximum absolute atomic E-state index is 12.9. The molecule has 1 aliphatic rings. The van der Waals surface area contributed by atoms with Crippen LogP contribution in [0.3, 0.4) is 0 Å². The Morgan fingerprint density at radius 2 is 1.95 bits per heavy atom. The molecule has 21 heavy (non-hydrogen) atoms. The fourth-order valence-corrected chi connectivity index (χ4v) is 3.08. The highest BCUT2D eigenvalue weighted by Crippen LogP contribution is 2.26. The molecule has 1 amide bonds. The van der Waals surface area contributed by atoms with Crippen LogP contribution >= 0.6 is 0 Å². The van der Waals surface area contributed by atoms with Crippen LogP contribution in [0.15, 0.2) is 24.3 Å². The standard InChI is InChI=1S/C17H26N2O2/c1-3-12-19(14-10-8-13(18)9-11-14)17(20)15-6-4-5-7-16(15)21-2/h4-7,13-14H,3,8-12,18H2,1-2H3. The second-order valence-electron chi connectivity index (χ2n) is 5.77. The van der Waals surface area contributed by atoms with Gasteiger partial charge in [0.05, 0.1) is 12.7 Å². The minimum Gasteiger partial charge on any atom is -0.496 e. The fraction of sp³-hybridized carbons (Fsp3) is 0.588. The molecular weight excluding hydrogens is 264 g/mol. The highest BCUT2D eigenvalue weighted by Gasteiger charge is 2.28. The summed E-state index contributed by atoms with van der Waals surface area (Å²) in [6, 6.07) is 8.07. The van der Waals surface area contributed by atoms with E-state index in [0.717, 1.165) is 38.6 Å². The summed E-state index contributed by atoms with van der Waals surface area (Å²) >= 11 is 0. The SMILES string of the molecule is CCCN(C(=O)c1ccccc1OC)C1CCC(N)CC1. The van der Waals surface area contributed by atoms with Gasteiger partial charge in [0.15, 0.2) is 0 Å². The molecule has 4 heteroatoms. The Bertz CT molecular complexity index is 468. The number of para-hydroxylation sites is 1. The molecule has 116 valence electrons. The van der Waals surface area contributed by atoms with Crippen molar-refractivity contribution in [3.8, 4) is 5.75 Å². The zero-order valence-corrected chi connectivity index (χ0v) is 13.0. The number of nitrogens with two attached hydrogens (primary N) is 1. The molecule has 2 N–H and O–H groups in total. The van der Waals surface area contributed by atoms with E-state index in [1.807, 2.05) is 29.2 Å². The van der Waals surface area contributed by atoms with Gasteiger partial charge in [0.2, 0.25) is 0 Å². The summed E-state index contributed by atoms with van der Waals surface area (Å²) in [5.74, 6) is 0.728. The van der Waals surface area contributed by atoms with Crippen molar-refractivity contribution in [2.24, 2.45) is 5.73 Å². The summed E-state index contributed by atoms with van der Waals surface area (Å²) in [4.78, 5) is 14.9. The smallest absolute Gasteiger partial charge is 0.257 e. The highest BCUT2D eigenvalue weighted by atomic mass is 16.5. The number of ether oxygens (including phenoxy) is 1. The lowest BCUT2D eigenvalue weighted by Gasteiger charge is -2.36. The molecule has 0 bridgehead atoms. The molecule has 0 spiro atoms. The van der Waals surface area contributed by atoms with E-state index < -0.39 is 0 Å². The topological polar surface area (TPSA) is 55.6 Å². The third-order valence-electron chi connectivity index (χ3n) is 4.24. The Morgan fingerprint density at radius 1 is 1.29 bits per heavy atom. The molecule has 1 fully saturated rings. The first-order valence-electron chi connectivity index (χ1n) is 7.87. The van der Waals surface area contributed by atoms with Crippen LogP contribution in [0.5, 0.6) is 5.75 Å². The van der Waals surface area contributed by atoms with Crippen molar-refractivity contribution in [2.45, 2.75) is 51.1 Å². The van der Waals surface area contributed by atoms with Crippen LogP contribution in [0.4, 0.5) is 0 Å². The van der Waals surface area contributed by atoms with Crippen molar-refractivity contribution in [1.82, 2.24) is 4.90 Å². The first-order valence-corrected chi connectivity index (χ1v) is 7.87. The van der Waals surface area contributed by atoms with Crippen molar-refractivity contribution in [3.63, 3.8) is 0 Å². The summed E-state index contributed by atoms with van der Waals surface area (Å²) < 4.78 is 5.33. The molecule has 2 rings (SSSR count). The minimum absolute atomic E-state index is 0.0785. The summed E-state index contributed by atoms with van der Waals surface area (Å²) in [5.41, 5.74) is 6.64. The van der Waals surface area contributed by atoms with E-state index in [-0.39, 0.29) is 5.91 Å². The molecule has 0 radical (unpaired) electrons. The van der Waals surface area contributed by atoms with Crippen molar-refractivity contribution >= 4 is 5.91 Å². The van der Waals surface area contributed by atoms with Crippen LogP contribution in [0.1, 0.15) is 49.4 Å². The van der Waals surface area contributed by atoms with E-state index in [4.69, 9.17) is 10.5 Å². The predicted molar refractivity (Wildman–Crippen MR) is 84.6 cm³/mol. The van der Waals surface area contributed by atoms with Gasteiger partial charge >= 0.3 is 0 Å². The van der Waals surface area contributed by atoms with E-state index >= 15 is 0 Å². The maximum atomic E-state index is 12.9. The van der Waals surface area contributed by atoms with Gasteiger partial charge in [0.25, 0.3) is 5.91 Å². The zero-order valence-electron chi connectivity index (χ0n) is 13.0. The van der Waals surface area contributed by atoms with Crippen LogP contribution in [0.25, 0.3) is 0 Å². The van der Waals surface area contributed by atoms with Gasteiger partial charge < -0.3 is 15.4 Å². The number of methoxy groups -OCH3 is 1. The molecular formula is C17H26N2O2. The molecule has 0 heterocycles. The normalized spacial score (nSPS) is 21.9. The van der Waals surface area contributed by atoms with Crippen molar-refractivity contribution in [2.75, 3.05) is 13.7 Å². The summed E-state index contributed by atoms with van der Waals surface area (Å²) in [6.45, 7) is 2.90. The Balaban J connectivity index is 2.19. The number of carbonyl (C=O) groups excluding carboxylic acids is 1. The molecule has 0 unspecified atom stereocenters. The van der Waals surface area contributed by atoms with Crippen LogP contribution in [0, 0.1) is 0 Å². The number of rotatable bonds is 5. The quantitative estimate of drug-likeness (QED) is 0.907. The van der Waals surface area contributed by atoms with Gasteiger partial charge in [-0.3, -0.25) is 4.79 Å². The van der Waals surface area contributed by atoms with Crippen molar-refractivity contribution in [3.05, 3.63) is 29.8 Å². The molecule has 1 aromatic carbocycles. The van der Waals surface area contributed by atoms with E-state index in [9.17, 15) is 4.79 Å². The molecule has 0 aromatic heterocycles. The maximum Gasteiger partial charge on any atom is 0.257 e. The average molecular weight is 290 g/mol. The Labute approximate surface area is 127 Å². The van der Waals surface area contributed by atoms with Crippen molar-refractivity contribution in [1.29, 1.82) is 0 Å². The number of hydrogen-bond acceptors (Lipinski definition) is 3. The summed E-state index contributed by atoms with van der Waals surface area (Å²) in [6.07, 6.45) is 4.97. The number of hydrogen-bond donors (Lipinski definition) is 1. The molecule has 0 saturated heterocycles. The molecule has 4 nitrogen and oxygen atoms in total. The fourth-order valence-electron chi connectivity index (χ4n) is 3.08. The lowest BCUT2D eigenvalue weighted by molar-refractivity contribution is 0.0623. The third kappa shape index (κ3) is 3.76. The first kappa shape index (κ1) is 15.8. The van der Waals surface area contributed by atoms with Crippen LogP contribution in [-0.4, -0.2) is 36.5 Å². The first-order chi connectivity index (χ1) is 10.2. The van der Waals surface area contributed by atoms with Gasteiger partial charge in [-0.05, 0) is 44.2 Å². The van der Waals surface area contributed by atoms with Crippen molar-refractivity contribution < 1.29 is 9.53 Å². The number of carbonyl (C=O) groups is 1. The number of benzene rings is 1. The van der Waals surface area contributed by atoms with Gasteiger partial charge in [-0.2, -0.15) is 0 Å². The minimum atomic E-state index is 0.0785. The van der Waals surface area contributed by atoms with Gasteiger partial charge in [-0.15, -0.1) is 0 Å². The Morgan fingerprint density at radius 3 is 2.57 bits per heavy atom. The van der Waals surface area contributed by atoms with Gasteiger partial charge in [-0.1, -0.05) is 19.1 Å². The third-order valence-corrected chi connectivity index (χ3v) is 4.24. The second-order valence-corrected chi connectivity index (χ2v) is 5.77. The highest BCUT2D eigenvalue weighted by molar-refractivity contribution is 5.97. The van der Waals surface area contributed by atoms with E-state index in [2.05, 4.69) is 6.92 Å². The molecule has 1 saturated carbocycles. The number of amides is 1. The Hall–Kier alpha value is -1.55. The number of nitrogens with zero attached hydrogens (tertiary/aromatic N) is 1. The second kappa shape index (κ2) is 7.46. The zero-order chi connectivity index (χ0) is 15.2. The average Bonchev–Trinajstić information content (AvgIpc) is 2.53. The lowest BCUT2D eigenvalue weighted by atomic mass is 9.90. The predicted octanol–water partition coefficient (Wildman–Crippen LogP) is 2.82. The van der Waals surface area contributed by atoms with Crippen LogP contribution in [-0.2, 0) is 0 Å². The summed E-state index contributed by atoms with van der Waals surface area (Å²) in [5, 5.41) is 0. The molecule has 1 aromatic rings. The van der Waals surface area contributed by atoms with Gasteiger partial charge in [-0.25, -0.2) is 0 Å². The van der Waals surface area contributed by atoms with Crippen LogP contribution in [0.2, 0.25) is 0 Å². The van der Waals surface area contributed by atoms with Gasteiger partial charge in [0, 0.05) is 18.6 Å². The monoisotopic (exact) mass is 290 g/mol. The molecule has 1 aliphatic carbocycles. The van der Waals surface area contributed by atoms with E-state index in [1.54, 1.807) is 7.11 Å². The van der Waals surface area contributed by atoms with Gasteiger partial charge in [0.1, 0.15) is 5.75 Å². The Kier molecular flexibility index (Phi) is 5.62. The largest absolute Gasteiger partial charge is 0.496 e. The molecule has 0 atom stereocenters. The van der Waals surface area contributed by atoms with E-state index in [1.165, 1.54) is 0 Å².